The fraction of sp³-hybridized carbons (Fsp3) is 0.300. The summed E-state index contributed by atoms with van der Waals surface area (Å²) < 4.78 is 0.675. The Bertz CT molecular complexity index is 1130. The predicted octanol–water partition coefficient (Wildman–Crippen LogP) is 1.81. The van der Waals surface area contributed by atoms with Gasteiger partial charge in [0, 0.05) is 16.6 Å². The summed E-state index contributed by atoms with van der Waals surface area (Å²) in [6, 6.07) is 4.37. The monoisotopic (exact) mass is 485 g/mol. The summed E-state index contributed by atoms with van der Waals surface area (Å²) in [5.74, 6) is -5.49. The van der Waals surface area contributed by atoms with Crippen molar-refractivity contribution in [1.29, 1.82) is 0 Å². The van der Waals surface area contributed by atoms with Gasteiger partial charge in [-0.05, 0) is 23.6 Å². The number of aliphatic carboxylic acids is 1. The molecule has 0 saturated carbocycles. The molecule has 0 fully saturated rings. The molecule has 2 aromatic rings. The van der Waals surface area contributed by atoms with E-state index in [2.05, 4.69) is 5.32 Å². The summed E-state index contributed by atoms with van der Waals surface area (Å²) in [6.45, 7) is 2.60. The molecule has 10 nitrogen and oxygen atoms in total. The Morgan fingerprint density at radius 2 is 1.69 bits per heavy atom. The Hall–Kier alpha value is -3.24. The van der Waals surface area contributed by atoms with Gasteiger partial charge < -0.3 is 26.0 Å². The van der Waals surface area contributed by atoms with Gasteiger partial charge in [-0.15, -0.1) is 0 Å². The minimum absolute atomic E-state index is 0.0281. The highest BCUT2D eigenvalue weighted by atomic mass is 35.5. The summed E-state index contributed by atoms with van der Waals surface area (Å²) >= 11 is 12.0. The number of carboxylic acid groups (broad SMARTS) is 1. The number of carbonyl (C=O) groups is 3. The second kappa shape index (κ2) is 10.4. The van der Waals surface area contributed by atoms with E-state index in [1.54, 1.807) is 0 Å². The number of hydrogen-bond donors (Lipinski definition) is 5. The van der Waals surface area contributed by atoms with Crippen LogP contribution in [0.5, 0.6) is 11.6 Å². The summed E-state index contributed by atoms with van der Waals surface area (Å²) in [7, 11) is 0. The predicted molar refractivity (Wildman–Crippen MR) is 117 cm³/mol. The lowest BCUT2D eigenvalue weighted by Gasteiger charge is -2.17. The molecule has 1 aromatic heterocycles. The number of hydrogen-bond acceptors (Lipinski definition) is 6. The molecule has 1 aromatic carbocycles. The van der Waals surface area contributed by atoms with Crippen LogP contribution in [0, 0.1) is 5.92 Å². The third-order valence-corrected chi connectivity index (χ3v) is 4.87. The van der Waals surface area contributed by atoms with E-state index in [0.29, 0.717) is 15.2 Å². The average molecular weight is 486 g/mol. The standard InChI is InChI=1S/C20H21Cl2N3O7/c1-9(2)6-23-17(29)14-16(28)15(18(30)24-7-13(26)27)20(32)25(19(14)31)8-10-3-4-11(21)5-12(10)22/h3-5,9,28,31H,6-8H2,1-2H3,(H,23,29)(H,24,30)(H,26,27). The van der Waals surface area contributed by atoms with Crippen molar-refractivity contribution in [2.45, 2.75) is 20.4 Å². The topological polar surface area (TPSA) is 158 Å². The van der Waals surface area contributed by atoms with Crippen molar-refractivity contribution in [2.24, 2.45) is 5.92 Å². The quantitative estimate of drug-likeness (QED) is 0.381. The van der Waals surface area contributed by atoms with Gasteiger partial charge in [0.25, 0.3) is 17.4 Å². The maximum atomic E-state index is 13.0. The van der Waals surface area contributed by atoms with Crippen molar-refractivity contribution in [1.82, 2.24) is 15.2 Å². The van der Waals surface area contributed by atoms with E-state index in [1.165, 1.54) is 18.2 Å². The Morgan fingerprint density at radius 3 is 2.25 bits per heavy atom. The van der Waals surface area contributed by atoms with E-state index in [9.17, 15) is 29.4 Å². The second-order valence-electron chi connectivity index (χ2n) is 7.23. The number of amides is 2. The normalized spacial score (nSPS) is 10.8. The highest BCUT2D eigenvalue weighted by molar-refractivity contribution is 6.35. The molecule has 0 unspecified atom stereocenters. The number of aromatic nitrogens is 1. The maximum absolute atomic E-state index is 13.0. The molecule has 0 saturated heterocycles. The largest absolute Gasteiger partial charge is 0.506 e. The first-order valence-electron chi connectivity index (χ1n) is 9.34. The first-order chi connectivity index (χ1) is 14.9. The van der Waals surface area contributed by atoms with Crippen LogP contribution in [-0.2, 0) is 11.3 Å². The number of halogens is 2. The molecule has 172 valence electrons. The van der Waals surface area contributed by atoms with Gasteiger partial charge >= 0.3 is 5.97 Å². The molecule has 5 N–H and O–H groups in total. The molecule has 0 radical (unpaired) electrons. The molecule has 0 aliphatic heterocycles. The van der Waals surface area contributed by atoms with Crippen molar-refractivity contribution in [2.75, 3.05) is 13.1 Å². The zero-order chi connectivity index (χ0) is 24.2. The molecule has 2 rings (SSSR count). The SMILES string of the molecule is CC(C)CNC(=O)c1c(O)c(C(=O)NCC(=O)O)c(=O)n(Cc2ccc(Cl)cc2Cl)c1O. The number of nitrogens with one attached hydrogen (secondary N) is 2. The van der Waals surface area contributed by atoms with Gasteiger partial charge in [0.1, 0.15) is 17.7 Å². The number of rotatable bonds is 8. The van der Waals surface area contributed by atoms with Crippen molar-refractivity contribution in [3.05, 3.63) is 55.3 Å². The maximum Gasteiger partial charge on any atom is 0.322 e. The summed E-state index contributed by atoms with van der Waals surface area (Å²) in [5.41, 5.74) is -2.45. The van der Waals surface area contributed by atoms with E-state index in [4.69, 9.17) is 28.3 Å². The van der Waals surface area contributed by atoms with Crippen LogP contribution in [0.3, 0.4) is 0 Å². The van der Waals surface area contributed by atoms with E-state index in [-0.39, 0.29) is 24.0 Å². The molecule has 0 aliphatic carbocycles. The van der Waals surface area contributed by atoms with Gasteiger partial charge in [-0.2, -0.15) is 0 Å². The van der Waals surface area contributed by atoms with Crippen molar-refractivity contribution in [3.8, 4) is 11.6 Å². The van der Waals surface area contributed by atoms with Crippen LogP contribution < -0.4 is 16.2 Å². The zero-order valence-corrected chi connectivity index (χ0v) is 18.6. The molecular weight excluding hydrogens is 465 g/mol. The minimum atomic E-state index is -1.39. The fourth-order valence-electron chi connectivity index (χ4n) is 2.71. The Kier molecular flexibility index (Phi) is 8.12. The van der Waals surface area contributed by atoms with Gasteiger partial charge in [-0.3, -0.25) is 23.7 Å². The summed E-state index contributed by atoms with van der Waals surface area (Å²) in [6.07, 6.45) is 0. The Labute approximate surface area is 192 Å². The highest BCUT2D eigenvalue weighted by Gasteiger charge is 2.30. The lowest BCUT2D eigenvalue weighted by molar-refractivity contribution is -0.135. The average Bonchev–Trinajstić information content (AvgIpc) is 2.69. The fourth-order valence-corrected chi connectivity index (χ4v) is 3.18. The number of pyridine rings is 1. The molecule has 32 heavy (non-hydrogen) atoms. The molecule has 12 heteroatoms. The summed E-state index contributed by atoms with van der Waals surface area (Å²) in [5, 5.41) is 34.9. The lowest BCUT2D eigenvalue weighted by atomic mass is 10.1. The number of carbonyl (C=O) groups excluding carboxylic acids is 2. The van der Waals surface area contributed by atoms with Gasteiger partial charge in [0.15, 0.2) is 5.75 Å². The van der Waals surface area contributed by atoms with Crippen molar-refractivity contribution < 1.29 is 29.7 Å². The number of aromatic hydroxyl groups is 2. The van der Waals surface area contributed by atoms with Crippen LogP contribution in [0.25, 0.3) is 0 Å². The third kappa shape index (κ3) is 5.71. The third-order valence-electron chi connectivity index (χ3n) is 4.28. The van der Waals surface area contributed by atoms with Gasteiger partial charge in [0.2, 0.25) is 5.88 Å². The first kappa shape index (κ1) is 25.0. The van der Waals surface area contributed by atoms with Gasteiger partial charge in [0.05, 0.1) is 6.54 Å². The molecule has 0 bridgehead atoms. The lowest BCUT2D eigenvalue weighted by Crippen LogP contribution is -2.37. The number of nitrogens with zero attached hydrogens (tertiary/aromatic N) is 1. The van der Waals surface area contributed by atoms with Crippen molar-refractivity contribution in [3.63, 3.8) is 0 Å². The molecule has 0 aliphatic rings. The van der Waals surface area contributed by atoms with Crippen LogP contribution >= 0.6 is 23.2 Å². The van der Waals surface area contributed by atoms with E-state index in [0.717, 1.165) is 0 Å². The second-order valence-corrected chi connectivity index (χ2v) is 8.07. The molecule has 0 atom stereocenters. The van der Waals surface area contributed by atoms with E-state index >= 15 is 0 Å². The number of carboxylic acids is 1. The zero-order valence-electron chi connectivity index (χ0n) is 17.1. The Balaban J connectivity index is 2.67. The first-order valence-corrected chi connectivity index (χ1v) is 10.1. The summed E-state index contributed by atoms with van der Waals surface area (Å²) in [4.78, 5) is 48.8. The van der Waals surface area contributed by atoms with Crippen LogP contribution in [0.15, 0.2) is 23.0 Å². The minimum Gasteiger partial charge on any atom is -0.506 e. The van der Waals surface area contributed by atoms with E-state index < -0.39 is 52.6 Å². The smallest absolute Gasteiger partial charge is 0.322 e. The van der Waals surface area contributed by atoms with Gasteiger partial charge in [-0.1, -0.05) is 43.1 Å². The Morgan fingerprint density at radius 1 is 1.06 bits per heavy atom. The van der Waals surface area contributed by atoms with Crippen molar-refractivity contribution >= 4 is 41.0 Å². The molecular formula is C20H21Cl2N3O7. The van der Waals surface area contributed by atoms with Gasteiger partial charge in [-0.25, -0.2) is 0 Å². The molecule has 1 heterocycles. The van der Waals surface area contributed by atoms with Crippen LogP contribution in [0.1, 0.15) is 40.1 Å². The van der Waals surface area contributed by atoms with Crippen LogP contribution in [-0.4, -0.2) is 50.8 Å². The highest BCUT2D eigenvalue weighted by Crippen LogP contribution is 2.30. The van der Waals surface area contributed by atoms with E-state index in [1.807, 2.05) is 19.2 Å². The molecule has 2 amide bonds. The van der Waals surface area contributed by atoms with Crippen LogP contribution in [0.4, 0.5) is 0 Å². The molecule has 0 spiro atoms. The van der Waals surface area contributed by atoms with Crippen LogP contribution in [0.2, 0.25) is 10.0 Å². The number of benzene rings is 1.